The predicted octanol–water partition coefficient (Wildman–Crippen LogP) is 3.31. The van der Waals surface area contributed by atoms with Gasteiger partial charge in [-0.1, -0.05) is 18.1 Å². The van der Waals surface area contributed by atoms with Crippen molar-refractivity contribution in [3.8, 4) is 0 Å². The minimum Gasteiger partial charge on any atom is -0.0632 e. The zero-order chi connectivity index (χ0) is 7.89. The molecule has 66 valence electrons. The average molecular weight is 195 g/mol. The van der Waals surface area contributed by atoms with Gasteiger partial charge in [0.25, 0.3) is 0 Å². The minimum atomic E-state index is 0. The van der Waals surface area contributed by atoms with E-state index in [1.807, 2.05) is 0 Å². The Labute approximate surface area is 79.7 Å². The van der Waals surface area contributed by atoms with Crippen LogP contribution in [0.4, 0.5) is 0 Å². The number of rotatable bonds is 0. The van der Waals surface area contributed by atoms with Gasteiger partial charge < -0.3 is 0 Å². The van der Waals surface area contributed by atoms with Crippen LogP contribution in [0.5, 0.6) is 0 Å². The second-order valence-corrected chi connectivity index (χ2v) is 3.34. The zero-order valence-electron chi connectivity index (χ0n) is 7.89. The summed E-state index contributed by atoms with van der Waals surface area (Å²) in [5.74, 6) is 0.694. The topological polar surface area (TPSA) is 0 Å². The van der Waals surface area contributed by atoms with Gasteiger partial charge in [0.15, 0.2) is 0 Å². The second kappa shape index (κ2) is 3.58. The molecule has 0 radical (unpaired) electrons. The van der Waals surface area contributed by atoms with Crippen LogP contribution in [0.25, 0.3) is 0 Å². The Kier molecular flexibility index (Phi) is 3.57. The van der Waals surface area contributed by atoms with Gasteiger partial charge in [0.05, 0.1) is 0 Å². The van der Waals surface area contributed by atoms with Gasteiger partial charge in [0, 0.05) is 16.5 Å². The van der Waals surface area contributed by atoms with Crippen LogP contribution in [0.15, 0.2) is 22.3 Å². The monoisotopic (exact) mass is 194 g/mol. The molecule has 0 amide bonds. The van der Waals surface area contributed by atoms with Gasteiger partial charge in [-0.15, -0.1) is 0 Å². The molecule has 0 aromatic carbocycles. The molecule has 0 heterocycles. The van der Waals surface area contributed by atoms with E-state index >= 15 is 0 Å². The van der Waals surface area contributed by atoms with Crippen molar-refractivity contribution in [1.82, 2.24) is 0 Å². The molecule has 0 unspecified atom stereocenters. The summed E-state index contributed by atoms with van der Waals surface area (Å²) >= 11 is 0. The Bertz CT molecular complexity index is 197. The maximum Gasteiger partial charge on any atom is 0 e. The van der Waals surface area contributed by atoms with Crippen molar-refractivity contribution in [2.45, 2.75) is 34.6 Å². The average Bonchev–Trinajstić information content (AvgIpc) is 2.07. The first-order valence-corrected chi connectivity index (χ1v) is 3.90. The van der Waals surface area contributed by atoms with E-state index in [4.69, 9.17) is 0 Å². The molecule has 1 rings (SSSR count). The molecule has 0 saturated heterocycles. The molecule has 0 N–H and O–H groups in total. The molecule has 0 fully saturated rings. The summed E-state index contributed by atoms with van der Waals surface area (Å²) in [6, 6.07) is 0. The third-order valence-corrected chi connectivity index (χ3v) is 3.04. The van der Waals surface area contributed by atoms with Gasteiger partial charge >= 0.3 is 0 Å². The van der Waals surface area contributed by atoms with E-state index in [1.54, 1.807) is 11.1 Å². The minimum absolute atomic E-state index is 0. The Morgan fingerprint density at radius 1 is 0.818 bits per heavy atom. The van der Waals surface area contributed by atoms with Crippen molar-refractivity contribution in [2.75, 3.05) is 0 Å². The number of allylic oxidation sites excluding steroid dienone is 4. The molecule has 0 aliphatic heterocycles. The fourth-order valence-corrected chi connectivity index (χ4v) is 1.57. The second-order valence-electron chi connectivity index (χ2n) is 3.34. The molecule has 0 bridgehead atoms. The molecule has 0 saturated carbocycles. The standard InChI is InChI=1S/C10H16.Ni/c1-6-7(2)9(4)10(5)8(6)3;/h6H,1-5H3;. The first-order valence-electron chi connectivity index (χ1n) is 3.90. The summed E-state index contributed by atoms with van der Waals surface area (Å²) in [6.45, 7) is 11.2. The first kappa shape index (κ1) is 11.0. The van der Waals surface area contributed by atoms with Crippen molar-refractivity contribution >= 4 is 0 Å². The molecule has 0 aromatic heterocycles. The molecular formula is C10H16Ni. The summed E-state index contributed by atoms with van der Waals surface area (Å²) in [4.78, 5) is 0. The van der Waals surface area contributed by atoms with E-state index in [-0.39, 0.29) is 16.5 Å². The Hall–Kier alpha value is -0.0265. The van der Waals surface area contributed by atoms with Crippen LogP contribution in [0.2, 0.25) is 0 Å². The van der Waals surface area contributed by atoms with Crippen LogP contribution in [-0.4, -0.2) is 0 Å². The van der Waals surface area contributed by atoms with Crippen molar-refractivity contribution in [3.63, 3.8) is 0 Å². The maximum absolute atomic E-state index is 2.28. The van der Waals surface area contributed by atoms with Gasteiger partial charge in [-0.2, -0.15) is 0 Å². The molecule has 0 atom stereocenters. The van der Waals surface area contributed by atoms with Gasteiger partial charge in [-0.3, -0.25) is 0 Å². The van der Waals surface area contributed by atoms with E-state index in [9.17, 15) is 0 Å². The van der Waals surface area contributed by atoms with E-state index in [2.05, 4.69) is 34.6 Å². The third-order valence-electron chi connectivity index (χ3n) is 3.04. The van der Waals surface area contributed by atoms with Crippen LogP contribution >= 0.6 is 0 Å². The zero-order valence-corrected chi connectivity index (χ0v) is 8.88. The molecule has 0 nitrogen and oxygen atoms in total. The number of hydrogen-bond acceptors (Lipinski definition) is 0. The van der Waals surface area contributed by atoms with Gasteiger partial charge in [-0.05, 0) is 44.8 Å². The Morgan fingerprint density at radius 3 is 1.18 bits per heavy atom. The molecule has 11 heavy (non-hydrogen) atoms. The Balaban J connectivity index is 0.000001000. The van der Waals surface area contributed by atoms with Crippen molar-refractivity contribution in [1.29, 1.82) is 0 Å². The summed E-state index contributed by atoms with van der Waals surface area (Å²) in [5.41, 5.74) is 6.11. The molecule has 1 heteroatoms. The van der Waals surface area contributed by atoms with Crippen LogP contribution in [0.1, 0.15) is 34.6 Å². The molecule has 0 spiro atoms. The largest absolute Gasteiger partial charge is 0.0632 e. The van der Waals surface area contributed by atoms with E-state index in [0.29, 0.717) is 5.92 Å². The van der Waals surface area contributed by atoms with Gasteiger partial charge in [-0.25, -0.2) is 0 Å². The summed E-state index contributed by atoms with van der Waals surface area (Å²) in [7, 11) is 0. The van der Waals surface area contributed by atoms with Crippen LogP contribution < -0.4 is 0 Å². The van der Waals surface area contributed by atoms with Crippen LogP contribution in [0.3, 0.4) is 0 Å². The summed E-state index contributed by atoms with van der Waals surface area (Å²) in [6.07, 6.45) is 0. The van der Waals surface area contributed by atoms with Crippen molar-refractivity contribution in [2.24, 2.45) is 5.92 Å². The SMILES string of the molecule is CC1=C(C)C(C)C(C)=C1C.[Ni]. The summed E-state index contributed by atoms with van der Waals surface area (Å²) in [5, 5.41) is 0. The van der Waals surface area contributed by atoms with Gasteiger partial charge in [0.2, 0.25) is 0 Å². The van der Waals surface area contributed by atoms with E-state index < -0.39 is 0 Å². The predicted molar refractivity (Wildman–Crippen MR) is 45.9 cm³/mol. The molecular weight excluding hydrogens is 179 g/mol. The smallest absolute Gasteiger partial charge is 0 e. The summed E-state index contributed by atoms with van der Waals surface area (Å²) < 4.78 is 0. The molecule has 1 aliphatic carbocycles. The van der Waals surface area contributed by atoms with Gasteiger partial charge in [0.1, 0.15) is 0 Å². The van der Waals surface area contributed by atoms with E-state index in [1.165, 1.54) is 11.1 Å². The normalized spacial score (nSPS) is 19.4. The quantitative estimate of drug-likeness (QED) is 0.520. The fraction of sp³-hybridized carbons (Fsp3) is 0.600. The molecule has 0 aromatic rings. The number of hydrogen-bond donors (Lipinski definition) is 0. The van der Waals surface area contributed by atoms with Crippen LogP contribution in [-0.2, 0) is 16.5 Å². The van der Waals surface area contributed by atoms with E-state index in [0.717, 1.165) is 0 Å². The fourth-order valence-electron chi connectivity index (χ4n) is 1.57. The maximum atomic E-state index is 2.28. The first-order chi connectivity index (χ1) is 4.55. The van der Waals surface area contributed by atoms with Crippen molar-refractivity contribution in [3.05, 3.63) is 22.3 Å². The Morgan fingerprint density at radius 2 is 1.09 bits per heavy atom. The molecule has 1 aliphatic rings. The third kappa shape index (κ3) is 1.59. The van der Waals surface area contributed by atoms with Crippen molar-refractivity contribution < 1.29 is 16.5 Å². The van der Waals surface area contributed by atoms with Crippen LogP contribution in [0, 0.1) is 5.92 Å².